The average Bonchev–Trinajstić information content (AvgIpc) is 2.19. The standard InChI is InChI=1S/C12H25F3N2/c1-5-17(9-12(13,14)15)11(4)7-6-8-16-10(2)3/h10-11,16H,5-9H2,1-4H3. The Morgan fingerprint density at radius 3 is 2.18 bits per heavy atom. The summed E-state index contributed by atoms with van der Waals surface area (Å²) < 4.78 is 36.9. The fourth-order valence-corrected chi connectivity index (χ4v) is 1.78. The molecule has 17 heavy (non-hydrogen) atoms. The minimum Gasteiger partial charge on any atom is -0.315 e. The Balaban J connectivity index is 3.88. The van der Waals surface area contributed by atoms with E-state index in [2.05, 4.69) is 19.2 Å². The van der Waals surface area contributed by atoms with E-state index in [9.17, 15) is 13.2 Å². The van der Waals surface area contributed by atoms with Crippen molar-refractivity contribution in [3.8, 4) is 0 Å². The van der Waals surface area contributed by atoms with Crippen LogP contribution in [0.1, 0.15) is 40.5 Å². The van der Waals surface area contributed by atoms with Crippen LogP contribution in [-0.2, 0) is 0 Å². The van der Waals surface area contributed by atoms with Gasteiger partial charge in [0.05, 0.1) is 6.54 Å². The van der Waals surface area contributed by atoms with Gasteiger partial charge in [-0.25, -0.2) is 0 Å². The van der Waals surface area contributed by atoms with Crippen molar-refractivity contribution in [2.24, 2.45) is 0 Å². The van der Waals surface area contributed by atoms with E-state index in [0.29, 0.717) is 12.6 Å². The van der Waals surface area contributed by atoms with Crippen LogP contribution >= 0.6 is 0 Å². The highest BCUT2D eigenvalue weighted by molar-refractivity contribution is 4.70. The van der Waals surface area contributed by atoms with Crippen molar-refractivity contribution in [1.82, 2.24) is 10.2 Å². The van der Waals surface area contributed by atoms with Gasteiger partial charge in [-0.3, -0.25) is 4.90 Å². The van der Waals surface area contributed by atoms with E-state index in [4.69, 9.17) is 0 Å². The SMILES string of the molecule is CCN(CC(F)(F)F)C(C)CCCNC(C)C. The smallest absolute Gasteiger partial charge is 0.315 e. The van der Waals surface area contributed by atoms with E-state index in [0.717, 1.165) is 19.4 Å². The molecule has 0 heterocycles. The maximum absolute atomic E-state index is 12.3. The van der Waals surface area contributed by atoms with Gasteiger partial charge in [0, 0.05) is 12.1 Å². The summed E-state index contributed by atoms with van der Waals surface area (Å²) in [7, 11) is 0. The molecule has 0 spiro atoms. The Morgan fingerprint density at radius 1 is 1.18 bits per heavy atom. The van der Waals surface area contributed by atoms with Crippen LogP contribution in [0.15, 0.2) is 0 Å². The van der Waals surface area contributed by atoms with Crippen molar-refractivity contribution in [3.63, 3.8) is 0 Å². The molecule has 0 bridgehead atoms. The summed E-state index contributed by atoms with van der Waals surface area (Å²) in [6, 6.07) is 0.415. The van der Waals surface area contributed by atoms with Crippen molar-refractivity contribution in [3.05, 3.63) is 0 Å². The predicted molar refractivity (Wildman–Crippen MR) is 65.1 cm³/mol. The summed E-state index contributed by atoms with van der Waals surface area (Å²) in [5.41, 5.74) is 0. The maximum atomic E-state index is 12.3. The molecule has 0 aromatic heterocycles. The van der Waals surface area contributed by atoms with Crippen molar-refractivity contribution in [2.45, 2.75) is 58.8 Å². The molecule has 0 rings (SSSR count). The number of rotatable bonds is 8. The molecule has 0 aliphatic carbocycles. The Morgan fingerprint density at radius 2 is 1.76 bits per heavy atom. The first kappa shape index (κ1) is 16.7. The minimum absolute atomic E-state index is 0.0180. The molecule has 0 radical (unpaired) electrons. The Labute approximate surface area is 103 Å². The number of nitrogens with zero attached hydrogens (tertiary/aromatic N) is 1. The summed E-state index contributed by atoms with van der Waals surface area (Å²) in [6.07, 6.45) is -2.39. The molecule has 1 N–H and O–H groups in total. The predicted octanol–water partition coefficient (Wildman–Crippen LogP) is 3.04. The number of hydrogen-bond donors (Lipinski definition) is 1. The van der Waals surface area contributed by atoms with Crippen LogP contribution in [0.5, 0.6) is 0 Å². The lowest BCUT2D eigenvalue weighted by atomic mass is 10.1. The second-order valence-electron chi connectivity index (χ2n) is 4.78. The molecule has 0 aromatic carbocycles. The topological polar surface area (TPSA) is 15.3 Å². The summed E-state index contributed by atoms with van der Waals surface area (Å²) in [4.78, 5) is 1.48. The molecule has 0 fully saturated rings. The first-order valence-corrected chi connectivity index (χ1v) is 6.30. The molecule has 1 unspecified atom stereocenters. The van der Waals surface area contributed by atoms with Gasteiger partial charge in [-0.1, -0.05) is 20.8 Å². The zero-order valence-electron chi connectivity index (χ0n) is 11.3. The Hall–Kier alpha value is -0.290. The second kappa shape index (κ2) is 7.93. The van der Waals surface area contributed by atoms with Gasteiger partial charge in [-0.05, 0) is 32.9 Å². The maximum Gasteiger partial charge on any atom is 0.401 e. The van der Waals surface area contributed by atoms with E-state index >= 15 is 0 Å². The summed E-state index contributed by atoms with van der Waals surface area (Å²) in [5.74, 6) is 0. The van der Waals surface area contributed by atoms with Gasteiger partial charge in [0.1, 0.15) is 0 Å². The highest BCUT2D eigenvalue weighted by Gasteiger charge is 2.31. The molecule has 104 valence electrons. The molecule has 0 aromatic rings. The Kier molecular flexibility index (Phi) is 7.79. The first-order chi connectivity index (χ1) is 7.76. The summed E-state index contributed by atoms with van der Waals surface area (Å²) in [6.45, 7) is 8.27. The minimum atomic E-state index is -4.10. The third-order valence-corrected chi connectivity index (χ3v) is 2.76. The van der Waals surface area contributed by atoms with E-state index in [1.165, 1.54) is 4.90 Å². The molecule has 5 heteroatoms. The molecular weight excluding hydrogens is 229 g/mol. The van der Waals surface area contributed by atoms with Gasteiger partial charge in [0.25, 0.3) is 0 Å². The van der Waals surface area contributed by atoms with Gasteiger partial charge >= 0.3 is 6.18 Å². The number of nitrogens with one attached hydrogen (secondary N) is 1. The van der Waals surface area contributed by atoms with Crippen LogP contribution in [0.25, 0.3) is 0 Å². The molecule has 0 aliphatic rings. The molecule has 0 aliphatic heterocycles. The molecule has 0 saturated carbocycles. The van der Waals surface area contributed by atoms with Gasteiger partial charge in [0.2, 0.25) is 0 Å². The molecular formula is C12H25F3N2. The normalized spacial score (nSPS) is 14.6. The van der Waals surface area contributed by atoms with E-state index in [1.54, 1.807) is 6.92 Å². The van der Waals surface area contributed by atoms with Crippen molar-refractivity contribution in [1.29, 1.82) is 0 Å². The summed E-state index contributed by atoms with van der Waals surface area (Å²) in [5, 5.41) is 3.27. The highest BCUT2D eigenvalue weighted by atomic mass is 19.4. The number of halogens is 3. The van der Waals surface area contributed by atoms with Gasteiger partial charge in [-0.2, -0.15) is 13.2 Å². The summed E-state index contributed by atoms with van der Waals surface area (Å²) >= 11 is 0. The highest BCUT2D eigenvalue weighted by Crippen LogP contribution is 2.19. The van der Waals surface area contributed by atoms with Gasteiger partial charge < -0.3 is 5.32 Å². The lowest BCUT2D eigenvalue weighted by Gasteiger charge is -2.28. The van der Waals surface area contributed by atoms with Crippen LogP contribution in [0.2, 0.25) is 0 Å². The fourth-order valence-electron chi connectivity index (χ4n) is 1.78. The van der Waals surface area contributed by atoms with Crippen molar-refractivity contribution < 1.29 is 13.2 Å². The number of alkyl halides is 3. The monoisotopic (exact) mass is 254 g/mol. The Bertz CT molecular complexity index is 193. The zero-order valence-corrected chi connectivity index (χ0v) is 11.3. The van der Waals surface area contributed by atoms with Crippen LogP contribution < -0.4 is 5.32 Å². The van der Waals surface area contributed by atoms with Crippen LogP contribution in [0.3, 0.4) is 0 Å². The fraction of sp³-hybridized carbons (Fsp3) is 1.00. The quantitative estimate of drug-likeness (QED) is 0.670. The molecule has 0 amide bonds. The van der Waals surface area contributed by atoms with Gasteiger partial charge in [-0.15, -0.1) is 0 Å². The van der Waals surface area contributed by atoms with Crippen molar-refractivity contribution >= 4 is 0 Å². The third kappa shape index (κ3) is 9.41. The molecule has 0 saturated heterocycles. The van der Waals surface area contributed by atoms with E-state index in [-0.39, 0.29) is 6.04 Å². The molecule has 2 nitrogen and oxygen atoms in total. The second-order valence-corrected chi connectivity index (χ2v) is 4.78. The van der Waals surface area contributed by atoms with Crippen molar-refractivity contribution in [2.75, 3.05) is 19.6 Å². The lowest BCUT2D eigenvalue weighted by molar-refractivity contribution is -0.150. The van der Waals surface area contributed by atoms with Gasteiger partial charge in [0.15, 0.2) is 0 Å². The average molecular weight is 254 g/mol. The van der Waals surface area contributed by atoms with Crippen LogP contribution in [0, 0.1) is 0 Å². The van der Waals surface area contributed by atoms with E-state index in [1.807, 2.05) is 6.92 Å². The van der Waals surface area contributed by atoms with E-state index < -0.39 is 12.7 Å². The van der Waals surface area contributed by atoms with Crippen LogP contribution in [0.4, 0.5) is 13.2 Å². The lowest BCUT2D eigenvalue weighted by Crippen LogP contribution is -2.40. The first-order valence-electron chi connectivity index (χ1n) is 6.30. The largest absolute Gasteiger partial charge is 0.401 e. The third-order valence-electron chi connectivity index (χ3n) is 2.76. The molecule has 1 atom stereocenters. The zero-order chi connectivity index (χ0) is 13.5. The number of hydrogen-bond acceptors (Lipinski definition) is 2. The van der Waals surface area contributed by atoms with Crippen LogP contribution in [-0.4, -0.2) is 42.8 Å².